The summed E-state index contributed by atoms with van der Waals surface area (Å²) in [6.07, 6.45) is 8.68. The van der Waals surface area contributed by atoms with Crippen LogP contribution in [0.3, 0.4) is 0 Å². The molecule has 0 saturated heterocycles. The Morgan fingerprint density at radius 2 is 1.14 bits per heavy atom. The maximum Gasteiger partial charge on any atom is 0.136 e. The van der Waals surface area contributed by atoms with E-state index in [9.17, 15) is 0 Å². The maximum atomic E-state index is 5.15. The smallest absolute Gasteiger partial charge is 0.136 e. The van der Waals surface area contributed by atoms with Crippen LogP contribution in [0.2, 0.25) is 0 Å². The van der Waals surface area contributed by atoms with Gasteiger partial charge in [-0.3, -0.25) is 4.99 Å². The summed E-state index contributed by atoms with van der Waals surface area (Å²) in [7, 11) is 0. The van der Waals surface area contributed by atoms with Crippen LogP contribution in [0.4, 0.5) is 5.69 Å². The molecule has 0 aromatic heterocycles. The van der Waals surface area contributed by atoms with Crippen molar-refractivity contribution in [1.82, 2.24) is 0 Å². The summed E-state index contributed by atoms with van der Waals surface area (Å²) in [4.78, 5) is 7.52. The minimum Gasteiger partial charge on any atom is -0.317 e. The van der Waals surface area contributed by atoms with Gasteiger partial charge in [0, 0.05) is 15.7 Å². The van der Waals surface area contributed by atoms with Crippen molar-refractivity contribution in [3.8, 4) is 11.1 Å². The van der Waals surface area contributed by atoms with Crippen LogP contribution < -0.4 is 4.90 Å². The van der Waals surface area contributed by atoms with Crippen LogP contribution in [0.25, 0.3) is 32.7 Å². The molecule has 1 aliphatic heterocycles. The van der Waals surface area contributed by atoms with Crippen LogP contribution in [-0.2, 0) is 0 Å². The zero-order valence-electron chi connectivity index (χ0n) is 19.6. The number of aliphatic imine (C=N–C) groups is 1. The van der Waals surface area contributed by atoms with Gasteiger partial charge in [0.15, 0.2) is 0 Å². The van der Waals surface area contributed by atoms with E-state index in [2.05, 4.69) is 148 Å². The predicted molar refractivity (Wildman–Crippen MR) is 156 cm³/mol. The van der Waals surface area contributed by atoms with E-state index >= 15 is 0 Å². The largest absolute Gasteiger partial charge is 0.317 e. The third-order valence-corrected chi connectivity index (χ3v) is 8.06. The minimum atomic E-state index is 0.129. The van der Waals surface area contributed by atoms with Gasteiger partial charge in [0.25, 0.3) is 0 Å². The third-order valence-electron chi connectivity index (χ3n) is 7.21. The van der Waals surface area contributed by atoms with Gasteiger partial charge >= 0.3 is 0 Å². The van der Waals surface area contributed by atoms with Crippen molar-refractivity contribution in [2.24, 2.45) is 4.99 Å². The molecular formula is C33H23BrN2. The molecule has 0 spiro atoms. The lowest BCUT2D eigenvalue weighted by atomic mass is 9.91. The van der Waals surface area contributed by atoms with E-state index < -0.39 is 0 Å². The Bertz CT molecular complexity index is 1640. The van der Waals surface area contributed by atoms with Crippen LogP contribution in [0.5, 0.6) is 0 Å². The lowest BCUT2D eigenvalue weighted by Gasteiger charge is -2.29. The maximum absolute atomic E-state index is 5.15. The zero-order chi connectivity index (χ0) is 24.1. The Hall–Kier alpha value is -3.95. The highest BCUT2D eigenvalue weighted by Gasteiger charge is 2.35. The van der Waals surface area contributed by atoms with Gasteiger partial charge in [-0.1, -0.05) is 115 Å². The fraction of sp³-hybridized carbons (Fsp3) is 0.0606. The summed E-state index contributed by atoms with van der Waals surface area (Å²) in [6, 6.07) is 37.1. The fourth-order valence-electron chi connectivity index (χ4n) is 5.56. The average Bonchev–Trinajstić information content (AvgIpc) is 3.34. The summed E-state index contributed by atoms with van der Waals surface area (Å²) < 4.78 is 1.15. The van der Waals surface area contributed by atoms with Gasteiger partial charge in [-0.25, -0.2) is 0 Å². The average molecular weight is 527 g/mol. The molecule has 0 radical (unpaired) electrons. The number of anilines is 1. The number of nitrogens with zero attached hydrogens (tertiary/aromatic N) is 2. The lowest BCUT2D eigenvalue weighted by Crippen LogP contribution is -2.39. The number of benzene rings is 5. The Kier molecular flexibility index (Phi) is 5.11. The molecule has 0 amide bonds. The summed E-state index contributed by atoms with van der Waals surface area (Å²) in [6.45, 7) is 0. The molecule has 2 unspecified atom stereocenters. The lowest BCUT2D eigenvalue weighted by molar-refractivity contribution is 0.739. The molecular weight excluding hydrogens is 504 g/mol. The first kappa shape index (κ1) is 21.3. The second-order valence-corrected chi connectivity index (χ2v) is 10.1. The van der Waals surface area contributed by atoms with Crippen LogP contribution >= 0.6 is 15.9 Å². The Morgan fingerprint density at radius 3 is 1.81 bits per heavy atom. The molecule has 36 heavy (non-hydrogen) atoms. The number of para-hydroxylation sites is 1. The SMILES string of the molecule is Brc1c2ccccc2c(-c2ccc(C3=NC4C=CC=CC4N3c3ccccc3)cc2)c2ccccc12. The van der Waals surface area contributed by atoms with Gasteiger partial charge in [-0.05, 0) is 60.7 Å². The minimum absolute atomic E-state index is 0.129. The molecule has 3 heteroatoms. The number of halogens is 1. The number of amidine groups is 1. The number of hydrogen-bond acceptors (Lipinski definition) is 2. The summed E-state index contributed by atoms with van der Waals surface area (Å²) >= 11 is 3.87. The van der Waals surface area contributed by atoms with Crippen LogP contribution in [0.1, 0.15) is 5.56 Å². The molecule has 2 atom stereocenters. The molecule has 1 aliphatic carbocycles. The van der Waals surface area contributed by atoms with Gasteiger partial charge in [0.05, 0.1) is 12.1 Å². The third kappa shape index (κ3) is 3.35. The number of hydrogen-bond donors (Lipinski definition) is 0. The van der Waals surface area contributed by atoms with Crippen LogP contribution in [-0.4, -0.2) is 17.9 Å². The molecule has 5 aromatic carbocycles. The van der Waals surface area contributed by atoms with Gasteiger partial charge in [0.1, 0.15) is 5.84 Å². The molecule has 0 fully saturated rings. The van der Waals surface area contributed by atoms with E-state index in [0.29, 0.717) is 0 Å². The first-order valence-corrected chi connectivity index (χ1v) is 13.1. The predicted octanol–water partition coefficient (Wildman–Crippen LogP) is 8.55. The Labute approximate surface area is 219 Å². The van der Waals surface area contributed by atoms with Crippen LogP contribution in [0, 0.1) is 0 Å². The van der Waals surface area contributed by atoms with Crippen molar-refractivity contribution < 1.29 is 0 Å². The van der Waals surface area contributed by atoms with Crippen molar-refractivity contribution in [2.45, 2.75) is 12.1 Å². The molecule has 0 bridgehead atoms. The van der Waals surface area contributed by atoms with E-state index in [1.165, 1.54) is 32.7 Å². The molecule has 0 N–H and O–H groups in total. The second kappa shape index (κ2) is 8.61. The monoisotopic (exact) mass is 526 g/mol. The van der Waals surface area contributed by atoms with E-state index in [-0.39, 0.29) is 12.1 Å². The molecule has 7 rings (SSSR count). The van der Waals surface area contributed by atoms with Crippen molar-refractivity contribution in [1.29, 1.82) is 0 Å². The second-order valence-electron chi connectivity index (χ2n) is 9.27. The highest BCUT2D eigenvalue weighted by Crippen LogP contribution is 2.41. The van der Waals surface area contributed by atoms with E-state index in [0.717, 1.165) is 21.6 Å². The standard InChI is InChI=1S/C33H23BrN2/c34-32-27-14-6-4-12-25(27)31(26-13-5-7-15-28(26)32)22-18-20-23(21-19-22)33-35-29-16-8-9-17-30(29)36(33)24-10-2-1-3-11-24/h1-21,29-30H. The van der Waals surface area contributed by atoms with Crippen molar-refractivity contribution in [3.63, 3.8) is 0 Å². The fourth-order valence-corrected chi connectivity index (χ4v) is 6.25. The van der Waals surface area contributed by atoms with Gasteiger partial charge in [-0.15, -0.1) is 0 Å². The van der Waals surface area contributed by atoms with Crippen LogP contribution in [0.15, 0.2) is 137 Å². The summed E-state index contributed by atoms with van der Waals surface area (Å²) in [5.74, 6) is 1.02. The highest BCUT2D eigenvalue weighted by atomic mass is 79.9. The Morgan fingerprint density at radius 1 is 0.583 bits per heavy atom. The van der Waals surface area contributed by atoms with E-state index in [1.807, 2.05) is 0 Å². The van der Waals surface area contributed by atoms with Gasteiger partial charge in [-0.2, -0.15) is 0 Å². The van der Waals surface area contributed by atoms with Crippen molar-refractivity contribution >= 4 is 49.0 Å². The van der Waals surface area contributed by atoms with Crippen molar-refractivity contribution in [2.75, 3.05) is 4.90 Å². The molecule has 2 aliphatic rings. The quantitative estimate of drug-likeness (QED) is 0.215. The zero-order valence-corrected chi connectivity index (χ0v) is 21.1. The van der Waals surface area contributed by atoms with E-state index in [4.69, 9.17) is 4.99 Å². The Balaban J connectivity index is 1.37. The number of fused-ring (bicyclic) bond motifs is 3. The van der Waals surface area contributed by atoms with E-state index in [1.54, 1.807) is 0 Å². The highest BCUT2D eigenvalue weighted by molar-refractivity contribution is 9.10. The summed E-state index contributed by atoms with van der Waals surface area (Å²) in [5.41, 5.74) is 4.77. The summed E-state index contributed by atoms with van der Waals surface area (Å²) in [5, 5.41) is 4.96. The molecule has 5 aromatic rings. The first-order valence-electron chi connectivity index (χ1n) is 12.3. The van der Waals surface area contributed by atoms with Crippen molar-refractivity contribution in [3.05, 3.63) is 137 Å². The molecule has 1 heterocycles. The molecule has 172 valence electrons. The first-order chi connectivity index (χ1) is 17.8. The van der Waals surface area contributed by atoms with Gasteiger partial charge in [0.2, 0.25) is 0 Å². The molecule has 0 saturated carbocycles. The number of allylic oxidation sites excluding steroid dienone is 2. The van der Waals surface area contributed by atoms with Gasteiger partial charge < -0.3 is 4.90 Å². The normalized spacial score (nSPS) is 18.6. The molecule has 2 nitrogen and oxygen atoms in total. The number of rotatable bonds is 3. The topological polar surface area (TPSA) is 15.6 Å².